The van der Waals surface area contributed by atoms with Crippen LogP contribution in [0.15, 0.2) is 64.1 Å². The Morgan fingerprint density at radius 2 is 1.47 bits per heavy atom. The average Bonchev–Trinajstić information content (AvgIpc) is 3.10. The molecule has 1 aliphatic rings. The van der Waals surface area contributed by atoms with E-state index in [1.807, 2.05) is 0 Å². The van der Waals surface area contributed by atoms with Crippen molar-refractivity contribution in [3.05, 3.63) is 75.9 Å². The van der Waals surface area contributed by atoms with Crippen LogP contribution in [0.1, 0.15) is 22.6 Å². The summed E-state index contributed by atoms with van der Waals surface area (Å²) in [5.74, 6) is -4.32. The number of aryl methyl sites for hydroxylation is 2. The van der Waals surface area contributed by atoms with E-state index in [0.29, 0.717) is 0 Å². The maximum atomic E-state index is 13.8. The molecule has 0 aliphatic carbocycles. The predicted molar refractivity (Wildman–Crippen MR) is 102 cm³/mol. The summed E-state index contributed by atoms with van der Waals surface area (Å²) in [6.07, 6.45) is -6.91. The second-order valence-corrected chi connectivity index (χ2v) is 8.88. The Kier molecular flexibility index (Phi) is 5.68. The molecule has 1 heterocycles. The van der Waals surface area contributed by atoms with Crippen LogP contribution in [0.5, 0.6) is 0 Å². The van der Waals surface area contributed by atoms with Gasteiger partial charge in [-0.25, -0.2) is 13.2 Å². The molecule has 0 saturated heterocycles. The fraction of sp³-hybridized carbons (Fsp3) is 0.286. The van der Waals surface area contributed by atoms with Crippen LogP contribution in [0.25, 0.3) is 0 Å². The van der Waals surface area contributed by atoms with Gasteiger partial charge in [0.2, 0.25) is 21.7 Å². The molecule has 0 N–H and O–H groups in total. The van der Waals surface area contributed by atoms with Gasteiger partial charge in [-0.3, -0.25) is 0 Å². The smallest absolute Gasteiger partial charge is 0.450 e. The van der Waals surface area contributed by atoms with Gasteiger partial charge >= 0.3 is 12.1 Å². The third-order valence-electron chi connectivity index (χ3n) is 4.80. The quantitative estimate of drug-likeness (QED) is 0.667. The summed E-state index contributed by atoms with van der Waals surface area (Å²) in [7, 11) is -3.65. The van der Waals surface area contributed by atoms with Crippen LogP contribution in [-0.2, 0) is 24.1 Å². The number of rotatable bonds is 4. The second-order valence-electron chi connectivity index (χ2n) is 6.96. The van der Waals surface area contributed by atoms with Gasteiger partial charge in [0.1, 0.15) is 4.91 Å². The lowest BCUT2D eigenvalue weighted by atomic mass is 9.93. The van der Waals surface area contributed by atoms with Crippen LogP contribution in [0.4, 0.5) is 13.2 Å². The second kappa shape index (κ2) is 7.79. The first-order chi connectivity index (χ1) is 14.0. The molecule has 0 aromatic heterocycles. The van der Waals surface area contributed by atoms with Crippen molar-refractivity contribution in [2.24, 2.45) is 0 Å². The molecule has 3 rings (SSSR count). The Labute approximate surface area is 172 Å². The SMILES string of the molecule is COC(=O)[C@@H]1OC(C(F)(F)F)=C(S(=O)(=O)c2ccc(C)cc2)[C@H]1c1ccc(C)cc1. The predicted octanol–water partition coefficient (Wildman–Crippen LogP) is 4.21. The van der Waals surface area contributed by atoms with Crippen LogP contribution in [0, 0.1) is 13.8 Å². The largest absolute Gasteiger partial charge is 0.472 e. The number of allylic oxidation sites excluding steroid dienone is 1. The topological polar surface area (TPSA) is 69.7 Å². The fourth-order valence-electron chi connectivity index (χ4n) is 3.27. The van der Waals surface area contributed by atoms with Crippen LogP contribution >= 0.6 is 0 Å². The number of hydrogen-bond donors (Lipinski definition) is 0. The normalized spacial score (nSPS) is 19.5. The van der Waals surface area contributed by atoms with E-state index in [-0.39, 0.29) is 10.5 Å². The molecule has 160 valence electrons. The highest BCUT2D eigenvalue weighted by Crippen LogP contribution is 2.49. The van der Waals surface area contributed by atoms with E-state index >= 15 is 0 Å². The van der Waals surface area contributed by atoms with Crippen molar-refractivity contribution >= 4 is 15.8 Å². The Hall–Kier alpha value is -2.81. The van der Waals surface area contributed by atoms with Crippen molar-refractivity contribution in [3.63, 3.8) is 0 Å². The number of sulfone groups is 1. The summed E-state index contributed by atoms with van der Waals surface area (Å²) in [6.45, 7) is 3.49. The molecule has 0 radical (unpaired) electrons. The van der Waals surface area contributed by atoms with E-state index < -0.39 is 44.7 Å². The molecule has 0 amide bonds. The molecule has 0 spiro atoms. The van der Waals surface area contributed by atoms with Gasteiger partial charge in [0.05, 0.1) is 17.9 Å². The zero-order chi connectivity index (χ0) is 22.3. The number of ether oxygens (including phenoxy) is 2. The highest BCUT2D eigenvalue weighted by molar-refractivity contribution is 7.95. The average molecular weight is 440 g/mol. The molecule has 0 fully saturated rings. The first-order valence-corrected chi connectivity index (χ1v) is 10.4. The number of methoxy groups -OCH3 is 1. The molecule has 2 aromatic carbocycles. The zero-order valence-electron chi connectivity index (χ0n) is 16.4. The first-order valence-electron chi connectivity index (χ1n) is 8.91. The highest BCUT2D eigenvalue weighted by Gasteiger charge is 2.56. The minimum Gasteiger partial charge on any atom is -0.472 e. The van der Waals surface area contributed by atoms with E-state index in [4.69, 9.17) is 4.74 Å². The van der Waals surface area contributed by atoms with Gasteiger partial charge in [0.15, 0.2) is 0 Å². The molecule has 0 unspecified atom stereocenters. The van der Waals surface area contributed by atoms with Crippen LogP contribution in [0.3, 0.4) is 0 Å². The molecule has 9 heteroatoms. The molecule has 2 aromatic rings. The number of halogens is 3. The molecular weight excluding hydrogens is 421 g/mol. The van der Waals surface area contributed by atoms with Crippen LogP contribution < -0.4 is 0 Å². The minimum absolute atomic E-state index is 0.195. The van der Waals surface area contributed by atoms with E-state index in [0.717, 1.165) is 18.2 Å². The van der Waals surface area contributed by atoms with Gasteiger partial charge in [-0.1, -0.05) is 47.5 Å². The number of carbonyl (C=O) groups excluding carboxylic acids is 1. The Bertz CT molecular complexity index is 1080. The third-order valence-corrected chi connectivity index (χ3v) is 6.71. The molecule has 5 nitrogen and oxygen atoms in total. The van der Waals surface area contributed by atoms with E-state index in [9.17, 15) is 26.4 Å². The first kappa shape index (κ1) is 21.9. The Balaban J connectivity index is 2.29. The molecule has 0 bridgehead atoms. The highest BCUT2D eigenvalue weighted by atomic mass is 32.2. The number of benzene rings is 2. The van der Waals surface area contributed by atoms with E-state index in [1.54, 1.807) is 26.0 Å². The molecule has 0 saturated carbocycles. The molecule has 1 aliphatic heterocycles. The fourth-order valence-corrected chi connectivity index (χ4v) is 5.02. The van der Waals surface area contributed by atoms with E-state index in [2.05, 4.69) is 4.74 Å². The maximum Gasteiger partial charge on any atom is 0.450 e. The minimum atomic E-state index is -5.13. The summed E-state index contributed by atoms with van der Waals surface area (Å²) < 4.78 is 77.6. The zero-order valence-corrected chi connectivity index (χ0v) is 17.2. The third kappa shape index (κ3) is 3.94. The van der Waals surface area contributed by atoms with Crippen molar-refractivity contribution in [2.75, 3.05) is 7.11 Å². The monoisotopic (exact) mass is 440 g/mol. The van der Waals surface area contributed by atoms with Crippen LogP contribution in [0.2, 0.25) is 0 Å². The molecule has 2 atom stereocenters. The maximum absolute atomic E-state index is 13.8. The Morgan fingerprint density at radius 3 is 1.93 bits per heavy atom. The number of carbonyl (C=O) groups is 1. The van der Waals surface area contributed by atoms with Crippen molar-refractivity contribution in [2.45, 2.75) is 36.9 Å². The number of hydrogen-bond acceptors (Lipinski definition) is 5. The van der Waals surface area contributed by atoms with Crippen molar-refractivity contribution in [1.29, 1.82) is 0 Å². The summed E-state index contributed by atoms with van der Waals surface area (Å²) in [4.78, 5) is 10.9. The van der Waals surface area contributed by atoms with Gasteiger partial charge < -0.3 is 9.47 Å². The standard InChI is InChI=1S/C21H19F3O5S/c1-12-4-8-14(9-5-12)16-17(20(25)28-3)29-19(21(22,23)24)18(16)30(26,27)15-10-6-13(2)7-11-15/h4-11,16-17H,1-3H3/t16-,17+/m0/s1. The van der Waals surface area contributed by atoms with E-state index in [1.165, 1.54) is 36.4 Å². The molecular formula is C21H19F3O5S. The summed E-state index contributed by atoms with van der Waals surface area (Å²) >= 11 is 0. The van der Waals surface area contributed by atoms with Gasteiger partial charge in [0, 0.05) is 0 Å². The van der Waals surface area contributed by atoms with Gasteiger partial charge in [-0.15, -0.1) is 0 Å². The van der Waals surface area contributed by atoms with Crippen LogP contribution in [-0.4, -0.2) is 33.8 Å². The van der Waals surface area contributed by atoms with Gasteiger partial charge in [-0.05, 0) is 31.5 Å². The lowest BCUT2D eigenvalue weighted by Crippen LogP contribution is -2.30. The number of alkyl halides is 3. The van der Waals surface area contributed by atoms with Gasteiger partial charge in [0.25, 0.3) is 0 Å². The molecule has 30 heavy (non-hydrogen) atoms. The van der Waals surface area contributed by atoms with Crippen molar-refractivity contribution in [1.82, 2.24) is 0 Å². The lowest BCUT2D eigenvalue weighted by Gasteiger charge is -2.20. The summed E-state index contributed by atoms with van der Waals surface area (Å²) in [5, 5.41) is 0. The summed E-state index contributed by atoms with van der Waals surface area (Å²) in [6, 6.07) is 11.6. The Morgan fingerprint density at radius 1 is 0.967 bits per heavy atom. The lowest BCUT2D eigenvalue weighted by molar-refractivity contribution is -0.161. The number of esters is 1. The summed E-state index contributed by atoms with van der Waals surface area (Å²) in [5.41, 5.74) is 1.75. The van der Waals surface area contributed by atoms with Crippen molar-refractivity contribution in [3.8, 4) is 0 Å². The van der Waals surface area contributed by atoms with Gasteiger partial charge in [-0.2, -0.15) is 13.2 Å². The van der Waals surface area contributed by atoms with Crippen molar-refractivity contribution < 1.29 is 35.9 Å².